The molecule has 4 heterocycles. The molecule has 0 fully saturated rings. The molecular formula is C20H13F2N5O. The number of nitrogens with one attached hydrogen (secondary N) is 1. The summed E-state index contributed by atoms with van der Waals surface area (Å²) in [5.41, 5.74) is 2.56. The highest BCUT2D eigenvalue weighted by Gasteiger charge is 2.18. The van der Waals surface area contributed by atoms with Gasteiger partial charge in [-0.15, -0.1) is 0 Å². The summed E-state index contributed by atoms with van der Waals surface area (Å²) in [5, 5.41) is 0.706. The number of aryl methyl sites for hydroxylation is 1. The van der Waals surface area contributed by atoms with Crippen molar-refractivity contribution in [1.29, 1.82) is 0 Å². The van der Waals surface area contributed by atoms with Crippen LogP contribution >= 0.6 is 0 Å². The third-order valence-electron chi connectivity index (χ3n) is 4.81. The number of pyridine rings is 2. The maximum Gasteiger partial charge on any atom is 0.333 e. The van der Waals surface area contributed by atoms with Crippen LogP contribution in [0.3, 0.4) is 0 Å². The van der Waals surface area contributed by atoms with Gasteiger partial charge in [-0.25, -0.2) is 18.6 Å². The summed E-state index contributed by atoms with van der Waals surface area (Å²) in [6.45, 7) is 0. The molecular weight excluding hydrogens is 364 g/mol. The molecule has 28 heavy (non-hydrogen) atoms. The number of benzene rings is 1. The number of aromatic nitrogens is 5. The second-order valence-corrected chi connectivity index (χ2v) is 6.43. The van der Waals surface area contributed by atoms with Crippen LogP contribution in [0.15, 0.2) is 59.8 Å². The summed E-state index contributed by atoms with van der Waals surface area (Å²) in [6, 6.07) is 8.50. The molecule has 1 aromatic carbocycles. The topological polar surface area (TPSA) is 68.5 Å². The zero-order valence-electron chi connectivity index (χ0n) is 14.6. The fourth-order valence-corrected chi connectivity index (χ4v) is 3.46. The lowest BCUT2D eigenvalue weighted by Gasteiger charge is -2.09. The Labute approximate surface area is 156 Å². The summed E-state index contributed by atoms with van der Waals surface area (Å²) < 4.78 is 30.7. The quantitative estimate of drug-likeness (QED) is 0.512. The molecule has 0 spiro atoms. The van der Waals surface area contributed by atoms with Crippen LogP contribution in [-0.4, -0.2) is 24.1 Å². The molecule has 0 aliphatic rings. The highest BCUT2D eigenvalue weighted by atomic mass is 19.1. The Balaban J connectivity index is 1.88. The fraction of sp³-hybridized carbons (Fsp3) is 0.0500. The summed E-state index contributed by atoms with van der Waals surface area (Å²) in [6.07, 6.45) is 4.92. The standard InChI is InChI=1S/C20H13F2N5O/c1-26-18-10-23-6-5-16(18)27(20(26)28)17-9-15(25-19-13(17)4-7-24-19)12-3-2-11(21)8-14(12)22/h2-10H,1H3,(H,24,25). The van der Waals surface area contributed by atoms with Crippen molar-refractivity contribution in [2.75, 3.05) is 0 Å². The van der Waals surface area contributed by atoms with Crippen LogP contribution in [0.4, 0.5) is 8.78 Å². The van der Waals surface area contributed by atoms with Crippen molar-refractivity contribution < 1.29 is 8.78 Å². The van der Waals surface area contributed by atoms with Crippen LogP contribution in [0.25, 0.3) is 39.0 Å². The number of imidazole rings is 1. The number of hydrogen-bond acceptors (Lipinski definition) is 3. The maximum absolute atomic E-state index is 14.4. The number of rotatable bonds is 2. The minimum Gasteiger partial charge on any atom is -0.346 e. The molecule has 0 aliphatic carbocycles. The van der Waals surface area contributed by atoms with Gasteiger partial charge in [-0.3, -0.25) is 14.1 Å². The first kappa shape index (κ1) is 16.4. The minimum atomic E-state index is -0.723. The van der Waals surface area contributed by atoms with Gasteiger partial charge in [-0.1, -0.05) is 0 Å². The van der Waals surface area contributed by atoms with Gasteiger partial charge in [-0.05, 0) is 30.3 Å². The van der Waals surface area contributed by atoms with Crippen molar-refractivity contribution in [3.05, 3.63) is 77.1 Å². The molecule has 0 radical (unpaired) electrons. The summed E-state index contributed by atoms with van der Waals surface area (Å²) >= 11 is 0. The molecule has 0 unspecified atom stereocenters. The monoisotopic (exact) mass is 377 g/mol. The van der Waals surface area contributed by atoms with Crippen LogP contribution in [-0.2, 0) is 7.05 Å². The Morgan fingerprint density at radius 3 is 2.75 bits per heavy atom. The Morgan fingerprint density at radius 1 is 1.07 bits per heavy atom. The van der Waals surface area contributed by atoms with E-state index in [4.69, 9.17) is 0 Å². The van der Waals surface area contributed by atoms with E-state index in [1.54, 1.807) is 48.4 Å². The van der Waals surface area contributed by atoms with Crippen molar-refractivity contribution in [3.8, 4) is 16.9 Å². The van der Waals surface area contributed by atoms with Gasteiger partial charge in [0.05, 0.1) is 28.6 Å². The first-order chi connectivity index (χ1) is 13.5. The molecule has 8 heteroatoms. The second kappa shape index (κ2) is 5.85. The van der Waals surface area contributed by atoms with E-state index in [-0.39, 0.29) is 11.3 Å². The molecule has 0 aliphatic heterocycles. The van der Waals surface area contributed by atoms with E-state index in [1.807, 2.05) is 0 Å². The Bertz CT molecular complexity index is 1430. The van der Waals surface area contributed by atoms with E-state index >= 15 is 0 Å². The normalized spacial score (nSPS) is 11.5. The van der Waals surface area contributed by atoms with Crippen LogP contribution in [0, 0.1) is 11.6 Å². The first-order valence-corrected chi connectivity index (χ1v) is 8.50. The van der Waals surface area contributed by atoms with Crippen LogP contribution < -0.4 is 5.69 Å². The molecule has 138 valence electrons. The molecule has 0 atom stereocenters. The summed E-state index contributed by atoms with van der Waals surface area (Å²) in [5.74, 6) is -1.39. The van der Waals surface area contributed by atoms with Crippen LogP contribution in [0.1, 0.15) is 0 Å². The zero-order valence-corrected chi connectivity index (χ0v) is 14.6. The number of halogens is 2. The van der Waals surface area contributed by atoms with E-state index in [0.29, 0.717) is 33.4 Å². The third kappa shape index (κ3) is 2.27. The van der Waals surface area contributed by atoms with Crippen molar-refractivity contribution >= 4 is 22.1 Å². The van der Waals surface area contributed by atoms with Gasteiger partial charge >= 0.3 is 5.69 Å². The zero-order chi connectivity index (χ0) is 19.4. The number of hydrogen-bond donors (Lipinski definition) is 1. The van der Waals surface area contributed by atoms with E-state index in [0.717, 1.165) is 6.07 Å². The lowest BCUT2D eigenvalue weighted by Crippen LogP contribution is -2.21. The predicted molar refractivity (Wildman–Crippen MR) is 101 cm³/mol. The fourth-order valence-electron chi connectivity index (χ4n) is 3.46. The summed E-state index contributed by atoms with van der Waals surface area (Å²) in [7, 11) is 1.67. The van der Waals surface area contributed by atoms with Gasteiger partial charge in [-0.2, -0.15) is 0 Å². The van der Waals surface area contributed by atoms with Crippen molar-refractivity contribution in [3.63, 3.8) is 0 Å². The number of H-pyrrole nitrogens is 1. The van der Waals surface area contributed by atoms with E-state index < -0.39 is 11.6 Å². The Morgan fingerprint density at radius 2 is 1.93 bits per heavy atom. The maximum atomic E-state index is 14.4. The average molecular weight is 377 g/mol. The van der Waals surface area contributed by atoms with Crippen LogP contribution in [0.5, 0.6) is 0 Å². The number of fused-ring (bicyclic) bond motifs is 2. The molecule has 1 N–H and O–H groups in total. The van der Waals surface area contributed by atoms with Gasteiger partial charge < -0.3 is 4.98 Å². The lowest BCUT2D eigenvalue weighted by atomic mass is 10.1. The number of nitrogens with zero attached hydrogens (tertiary/aromatic N) is 4. The van der Waals surface area contributed by atoms with Crippen LogP contribution in [0.2, 0.25) is 0 Å². The van der Waals surface area contributed by atoms with Crippen molar-refractivity contribution in [2.24, 2.45) is 7.05 Å². The van der Waals surface area contributed by atoms with Gasteiger partial charge in [0.25, 0.3) is 0 Å². The first-order valence-electron chi connectivity index (χ1n) is 8.50. The Kier molecular flexibility index (Phi) is 3.42. The summed E-state index contributed by atoms with van der Waals surface area (Å²) in [4.78, 5) is 24.5. The predicted octanol–water partition coefficient (Wildman–Crippen LogP) is 3.55. The highest BCUT2D eigenvalue weighted by molar-refractivity contribution is 5.90. The van der Waals surface area contributed by atoms with Gasteiger partial charge in [0, 0.05) is 36.5 Å². The molecule has 0 bridgehead atoms. The molecule has 5 aromatic rings. The van der Waals surface area contributed by atoms with Gasteiger partial charge in [0.15, 0.2) is 0 Å². The largest absolute Gasteiger partial charge is 0.346 e. The lowest BCUT2D eigenvalue weighted by molar-refractivity contribution is 0.585. The third-order valence-corrected chi connectivity index (χ3v) is 4.81. The highest BCUT2D eigenvalue weighted by Crippen LogP contribution is 2.29. The molecule has 0 saturated heterocycles. The minimum absolute atomic E-state index is 0.147. The number of aromatic amines is 1. The molecule has 0 saturated carbocycles. The second-order valence-electron chi connectivity index (χ2n) is 6.43. The SMILES string of the molecule is Cn1c(=O)n(-c2cc(-c3ccc(F)cc3F)nc3[nH]ccc23)c2ccncc21. The molecule has 5 rings (SSSR count). The molecule has 6 nitrogen and oxygen atoms in total. The molecule has 4 aromatic heterocycles. The van der Waals surface area contributed by atoms with E-state index in [1.165, 1.54) is 16.7 Å². The van der Waals surface area contributed by atoms with Gasteiger partial charge in [0.1, 0.15) is 17.3 Å². The van der Waals surface area contributed by atoms with Gasteiger partial charge in [0.2, 0.25) is 0 Å². The molecule has 0 amide bonds. The smallest absolute Gasteiger partial charge is 0.333 e. The van der Waals surface area contributed by atoms with Crippen molar-refractivity contribution in [2.45, 2.75) is 0 Å². The van der Waals surface area contributed by atoms with E-state index in [9.17, 15) is 13.6 Å². The average Bonchev–Trinajstić information content (AvgIpc) is 3.25. The van der Waals surface area contributed by atoms with E-state index in [2.05, 4.69) is 15.0 Å². The van der Waals surface area contributed by atoms with Crippen molar-refractivity contribution in [1.82, 2.24) is 24.1 Å². The Hall–Kier alpha value is -3.81.